The molecule has 0 aliphatic rings. The Morgan fingerprint density at radius 3 is 2.76 bits per heavy atom. The van der Waals surface area contributed by atoms with Gasteiger partial charge in [0.1, 0.15) is 5.75 Å². The normalized spacial score (nSPS) is 12.7. The molecule has 0 saturated heterocycles. The number of para-hydroxylation sites is 1. The van der Waals surface area contributed by atoms with Crippen LogP contribution >= 0.6 is 15.9 Å². The van der Waals surface area contributed by atoms with Crippen molar-refractivity contribution in [3.8, 4) is 5.75 Å². The van der Waals surface area contributed by atoms with Gasteiger partial charge in [-0.05, 0) is 36.1 Å². The van der Waals surface area contributed by atoms with Crippen LogP contribution in [0.15, 0.2) is 34.9 Å². The fourth-order valence-corrected chi connectivity index (χ4v) is 2.77. The summed E-state index contributed by atoms with van der Waals surface area (Å²) in [6.45, 7) is 1.69. The zero-order chi connectivity index (χ0) is 15.4. The van der Waals surface area contributed by atoms with E-state index in [4.69, 9.17) is 10.5 Å². The van der Waals surface area contributed by atoms with Gasteiger partial charge in [0.05, 0.1) is 36.1 Å². The molecule has 21 heavy (non-hydrogen) atoms. The van der Waals surface area contributed by atoms with Gasteiger partial charge in [0, 0.05) is 12.1 Å². The maximum absolute atomic E-state index is 6.46. The van der Waals surface area contributed by atoms with Crippen LogP contribution in [0.1, 0.15) is 17.3 Å². The van der Waals surface area contributed by atoms with Gasteiger partial charge in [-0.15, -0.1) is 0 Å². The van der Waals surface area contributed by atoms with Crippen LogP contribution in [0.2, 0.25) is 0 Å². The lowest BCUT2D eigenvalue weighted by atomic mass is 10.0. The molecular weight excluding hydrogens is 332 g/mol. The van der Waals surface area contributed by atoms with E-state index in [0.717, 1.165) is 34.6 Å². The van der Waals surface area contributed by atoms with Crippen LogP contribution in [-0.2, 0) is 6.54 Å². The van der Waals surface area contributed by atoms with Gasteiger partial charge in [-0.1, -0.05) is 18.2 Å². The second-order valence-electron chi connectivity index (χ2n) is 5.12. The van der Waals surface area contributed by atoms with E-state index < -0.39 is 0 Å². The first-order valence-electron chi connectivity index (χ1n) is 6.79. The Morgan fingerprint density at radius 1 is 1.38 bits per heavy atom. The van der Waals surface area contributed by atoms with Gasteiger partial charge in [-0.3, -0.25) is 4.68 Å². The van der Waals surface area contributed by atoms with Gasteiger partial charge in [-0.25, -0.2) is 0 Å². The molecule has 2 N–H and O–H groups in total. The first kappa shape index (κ1) is 16.0. The number of hydrogen-bond acceptors (Lipinski definition) is 4. The molecule has 2 rings (SSSR count). The van der Waals surface area contributed by atoms with Gasteiger partial charge in [-0.2, -0.15) is 5.10 Å². The third kappa shape index (κ3) is 3.64. The maximum atomic E-state index is 6.46. The monoisotopic (exact) mass is 352 g/mol. The van der Waals surface area contributed by atoms with Crippen molar-refractivity contribution in [2.24, 2.45) is 5.73 Å². The number of nitrogens with zero attached hydrogens (tertiary/aromatic N) is 3. The summed E-state index contributed by atoms with van der Waals surface area (Å²) in [6.07, 6.45) is 1.79. The lowest BCUT2D eigenvalue weighted by molar-refractivity contribution is 0.367. The molecule has 6 heteroatoms. The van der Waals surface area contributed by atoms with Crippen molar-refractivity contribution in [3.05, 3.63) is 46.2 Å². The highest BCUT2D eigenvalue weighted by Crippen LogP contribution is 2.31. The van der Waals surface area contributed by atoms with Crippen LogP contribution in [-0.4, -0.2) is 42.4 Å². The Balaban J connectivity index is 2.34. The summed E-state index contributed by atoms with van der Waals surface area (Å²) in [5.74, 6) is 0.789. The number of methoxy groups -OCH3 is 1. The fourth-order valence-electron chi connectivity index (χ4n) is 2.22. The predicted molar refractivity (Wildman–Crippen MR) is 87.5 cm³/mol. The highest BCUT2D eigenvalue weighted by Gasteiger charge is 2.21. The lowest BCUT2D eigenvalue weighted by Gasteiger charge is -2.19. The largest absolute Gasteiger partial charge is 0.496 e. The Kier molecular flexibility index (Phi) is 5.39. The van der Waals surface area contributed by atoms with E-state index in [-0.39, 0.29) is 6.04 Å². The summed E-state index contributed by atoms with van der Waals surface area (Å²) in [6, 6.07) is 7.52. The summed E-state index contributed by atoms with van der Waals surface area (Å²) in [5.41, 5.74) is 8.37. The smallest absolute Gasteiger partial charge is 0.124 e. The Bertz CT molecular complexity index is 597. The highest BCUT2D eigenvalue weighted by molar-refractivity contribution is 9.10. The number of benzene rings is 1. The molecule has 0 spiro atoms. The summed E-state index contributed by atoms with van der Waals surface area (Å²) >= 11 is 3.55. The zero-order valence-corrected chi connectivity index (χ0v) is 14.2. The molecule has 0 aliphatic carbocycles. The lowest BCUT2D eigenvalue weighted by Crippen LogP contribution is -2.23. The van der Waals surface area contributed by atoms with E-state index in [0.29, 0.717) is 0 Å². The van der Waals surface area contributed by atoms with E-state index >= 15 is 0 Å². The van der Waals surface area contributed by atoms with Crippen molar-refractivity contribution in [2.45, 2.75) is 12.6 Å². The maximum Gasteiger partial charge on any atom is 0.124 e. The van der Waals surface area contributed by atoms with E-state index in [1.807, 2.05) is 43.0 Å². The first-order valence-corrected chi connectivity index (χ1v) is 7.58. The number of likely N-dealkylation sites (N-methyl/N-ethyl adjacent to an activating group) is 1. The number of hydrogen-bond donors (Lipinski definition) is 1. The molecule has 0 amide bonds. The fraction of sp³-hybridized carbons (Fsp3) is 0.400. The van der Waals surface area contributed by atoms with Crippen LogP contribution in [0.3, 0.4) is 0 Å². The van der Waals surface area contributed by atoms with Gasteiger partial charge < -0.3 is 15.4 Å². The molecule has 114 valence electrons. The Morgan fingerprint density at radius 2 is 2.10 bits per heavy atom. The Hall–Kier alpha value is -1.37. The zero-order valence-electron chi connectivity index (χ0n) is 12.6. The predicted octanol–water partition coefficient (Wildman–Crippen LogP) is 2.26. The van der Waals surface area contributed by atoms with E-state index in [1.54, 1.807) is 13.3 Å². The molecule has 1 heterocycles. The third-order valence-electron chi connectivity index (χ3n) is 3.36. The molecule has 5 nitrogen and oxygen atoms in total. The number of nitrogens with two attached hydrogens (primary N) is 1. The summed E-state index contributed by atoms with van der Waals surface area (Å²) in [7, 11) is 5.74. The van der Waals surface area contributed by atoms with Crippen LogP contribution < -0.4 is 10.5 Å². The molecule has 0 radical (unpaired) electrons. The molecule has 0 fully saturated rings. The summed E-state index contributed by atoms with van der Waals surface area (Å²) in [5, 5.41) is 4.41. The topological polar surface area (TPSA) is 56.3 Å². The second kappa shape index (κ2) is 7.06. The number of aromatic nitrogens is 2. The molecule has 1 atom stereocenters. The number of ether oxygens (including phenoxy) is 1. The van der Waals surface area contributed by atoms with Crippen molar-refractivity contribution in [3.63, 3.8) is 0 Å². The average molecular weight is 353 g/mol. The minimum atomic E-state index is -0.291. The van der Waals surface area contributed by atoms with Crippen LogP contribution in [0.25, 0.3) is 0 Å². The van der Waals surface area contributed by atoms with E-state index in [2.05, 4.69) is 25.9 Å². The van der Waals surface area contributed by atoms with Crippen molar-refractivity contribution in [1.82, 2.24) is 14.7 Å². The molecule has 1 aromatic heterocycles. The van der Waals surface area contributed by atoms with Crippen molar-refractivity contribution in [1.29, 1.82) is 0 Å². The van der Waals surface area contributed by atoms with Crippen LogP contribution in [0.4, 0.5) is 0 Å². The van der Waals surface area contributed by atoms with Gasteiger partial charge in [0.2, 0.25) is 0 Å². The van der Waals surface area contributed by atoms with Crippen molar-refractivity contribution < 1.29 is 4.74 Å². The van der Waals surface area contributed by atoms with Gasteiger partial charge in [0.25, 0.3) is 0 Å². The Labute approximate surface area is 133 Å². The second-order valence-corrected chi connectivity index (χ2v) is 5.98. The van der Waals surface area contributed by atoms with E-state index in [1.165, 1.54) is 0 Å². The standard InChI is InChI=1S/C15H21BrN4O/c1-19(2)8-9-20-15(12(16)10-18-20)14(17)11-6-4-5-7-13(11)21-3/h4-7,10,14H,8-9,17H2,1-3H3. The first-order chi connectivity index (χ1) is 10.0. The average Bonchev–Trinajstić information content (AvgIpc) is 2.85. The van der Waals surface area contributed by atoms with Gasteiger partial charge >= 0.3 is 0 Å². The minimum Gasteiger partial charge on any atom is -0.496 e. The molecule has 2 aromatic rings. The van der Waals surface area contributed by atoms with Crippen molar-refractivity contribution >= 4 is 15.9 Å². The minimum absolute atomic E-state index is 0.291. The highest BCUT2D eigenvalue weighted by atomic mass is 79.9. The van der Waals surface area contributed by atoms with Crippen molar-refractivity contribution in [2.75, 3.05) is 27.7 Å². The molecular formula is C15H21BrN4O. The quantitative estimate of drug-likeness (QED) is 0.866. The van der Waals surface area contributed by atoms with Gasteiger partial charge in [0.15, 0.2) is 0 Å². The molecule has 1 unspecified atom stereocenters. The summed E-state index contributed by atoms with van der Waals surface area (Å²) < 4.78 is 8.27. The summed E-state index contributed by atoms with van der Waals surface area (Å²) in [4.78, 5) is 2.12. The van der Waals surface area contributed by atoms with Crippen LogP contribution in [0.5, 0.6) is 5.75 Å². The third-order valence-corrected chi connectivity index (χ3v) is 3.97. The van der Waals surface area contributed by atoms with Crippen LogP contribution in [0, 0.1) is 0 Å². The molecule has 1 aromatic carbocycles. The SMILES string of the molecule is COc1ccccc1C(N)c1c(Br)cnn1CCN(C)C. The van der Waals surface area contributed by atoms with E-state index in [9.17, 15) is 0 Å². The molecule has 0 aliphatic heterocycles. The molecule has 0 saturated carbocycles. The number of halogens is 1. The molecule has 0 bridgehead atoms. The number of rotatable bonds is 6.